The zero-order chi connectivity index (χ0) is 14.8. The van der Waals surface area contributed by atoms with Gasteiger partial charge in [-0.15, -0.1) is 11.8 Å². The fourth-order valence-corrected chi connectivity index (χ4v) is 2.85. The Bertz CT molecular complexity index is 375. The quantitative estimate of drug-likeness (QED) is 0.510. The lowest BCUT2D eigenvalue weighted by atomic mass is 9.96. The van der Waals surface area contributed by atoms with E-state index in [4.69, 9.17) is 11.6 Å². The van der Waals surface area contributed by atoms with Gasteiger partial charge in [0.25, 0.3) is 0 Å². The van der Waals surface area contributed by atoms with E-state index in [-0.39, 0.29) is 12.1 Å². The SMILES string of the molecule is CCCNC(C)(CO)CCCCSc1ccc(Cl)cn1. The molecule has 2 N–H and O–H groups in total. The summed E-state index contributed by atoms with van der Waals surface area (Å²) >= 11 is 7.55. The van der Waals surface area contributed by atoms with Gasteiger partial charge in [0.2, 0.25) is 0 Å². The van der Waals surface area contributed by atoms with E-state index in [1.54, 1.807) is 18.0 Å². The Morgan fingerprint density at radius 1 is 1.40 bits per heavy atom. The van der Waals surface area contributed by atoms with Crippen LogP contribution in [0, 0.1) is 0 Å². The highest BCUT2D eigenvalue weighted by Gasteiger charge is 2.21. The van der Waals surface area contributed by atoms with Crippen LogP contribution in [0.2, 0.25) is 5.02 Å². The second kappa shape index (κ2) is 9.61. The first-order chi connectivity index (χ1) is 9.59. The van der Waals surface area contributed by atoms with Crippen molar-refractivity contribution in [2.45, 2.75) is 50.1 Å². The van der Waals surface area contributed by atoms with Gasteiger partial charge in [-0.25, -0.2) is 4.98 Å². The van der Waals surface area contributed by atoms with E-state index in [2.05, 4.69) is 24.1 Å². The average molecular weight is 317 g/mol. The molecule has 1 heterocycles. The Labute approximate surface area is 131 Å². The summed E-state index contributed by atoms with van der Waals surface area (Å²) in [4.78, 5) is 4.26. The molecule has 0 aliphatic heterocycles. The molecule has 1 unspecified atom stereocenters. The predicted molar refractivity (Wildman–Crippen MR) is 87.6 cm³/mol. The highest BCUT2D eigenvalue weighted by molar-refractivity contribution is 7.99. The van der Waals surface area contributed by atoms with Crippen molar-refractivity contribution < 1.29 is 5.11 Å². The number of hydrogen-bond acceptors (Lipinski definition) is 4. The average Bonchev–Trinajstić information content (AvgIpc) is 2.47. The van der Waals surface area contributed by atoms with Gasteiger partial charge in [0, 0.05) is 11.7 Å². The molecule has 0 aliphatic carbocycles. The predicted octanol–water partition coefficient (Wildman–Crippen LogP) is 3.75. The first-order valence-corrected chi connectivity index (χ1v) is 8.56. The van der Waals surface area contributed by atoms with Crippen LogP contribution in [0.3, 0.4) is 0 Å². The number of halogens is 1. The number of nitrogens with zero attached hydrogens (tertiary/aromatic N) is 1. The lowest BCUT2D eigenvalue weighted by Crippen LogP contribution is -2.46. The molecule has 5 heteroatoms. The largest absolute Gasteiger partial charge is 0.394 e. The molecular formula is C15H25ClN2OS. The topological polar surface area (TPSA) is 45.1 Å². The molecule has 1 rings (SSSR count). The van der Waals surface area contributed by atoms with Crippen molar-refractivity contribution in [1.29, 1.82) is 0 Å². The first kappa shape index (κ1) is 17.8. The van der Waals surface area contributed by atoms with Crippen molar-refractivity contribution in [3.05, 3.63) is 23.4 Å². The molecule has 20 heavy (non-hydrogen) atoms. The van der Waals surface area contributed by atoms with Gasteiger partial charge in [0.1, 0.15) is 0 Å². The molecule has 0 spiro atoms. The molecule has 0 bridgehead atoms. The summed E-state index contributed by atoms with van der Waals surface area (Å²) in [5.74, 6) is 1.05. The van der Waals surface area contributed by atoms with Crippen molar-refractivity contribution in [3.8, 4) is 0 Å². The molecule has 1 aromatic rings. The van der Waals surface area contributed by atoms with E-state index >= 15 is 0 Å². The van der Waals surface area contributed by atoms with E-state index in [1.807, 2.05) is 12.1 Å². The minimum atomic E-state index is -0.140. The van der Waals surface area contributed by atoms with Gasteiger partial charge in [-0.05, 0) is 50.6 Å². The Morgan fingerprint density at radius 2 is 2.20 bits per heavy atom. The monoisotopic (exact) mass is 316 g/mol. The third-order valence-corrected chi connectivity index (χ3v) is 4.48. The van der Waals surface area contributed by atoms with Crippen LogP contribution in [0.25, 0.3) is 0 Å². The summed E-state index contributed by atoms with van der Waals surface area (Å²) in [7, 11) is 0. The van der Waals surface area contributed by atoms with Gasteiger partial charge in [-0.2, -0.15) is 0 Å². The maximum absolute atomic E-state index is 9.48. The zero-order valence-electron chi connectivity index (χ0n) is 12.4. The standard InChI is InChI=1S/C15H25ClN2OS/c1-3-9-18-15(2,12-19)8-4-5-10-20-14-7-6-13(16)11-17-14/h6-7,11,18-19H,3-5,8-10,12H2,1-2H3. The Kier molecular flexibility index (Phi) is 8.53. The fourth-order valence-electron chi connectivity index (χ4n) is 1.89. The summed E-state index contributed by atoms with van der Waals surface area (Å²) in [6.45, 7) is 5.39. The van der Waals surface area contributed by atoms with E-state index in [0.29, 0.717) is 5.02 Å². The van der Waals surface area contributed by atoms with Gasteiger partial charge in [0.05, 0.1) is 16.7 Å². The molecule has 114 valence electrons. The zero-order valence-corrected chi connectivity index (χ0v) is 13.9. The minimum Gasteiger partial charge on any atom is -0.394 e. The molecule has 1 aromatic heterocycles. The number of thioether (sulfide) groups is 1. The van der Waals surface area contributed by atoms with E-state index in [0.717, 1.165) is 43.0 Å². The highest BCUT2D eigenvalue weighted by atomic mass is 35.5. The Morgan fingerprint density at radius 3 is 2.80 bits per heavy atom. The van der Waals surface area contributed by atoms with Gasteiger partial charge >= 0.3 is 0 Å². The maximum atomic E-state index is 9.48. The van der Waals surface area contributed by atoms with Crippen LogP contribution in [-0.2, 0) is 0 Å². The number of hydrogen-bond donors (Lipinski definition) is 2. The lowest BCUT2D eigenvalue weighted by molar-refractivity contribution is 0.163. The van der Waals surface area contributed by atoms with Crippen molar-refractivity contribution in [1.82, 2.24) is 10.3 Å². The highest BCUT2D eigenvalue weighted by Crippen LogP contribution is 2.20. The number of rotatable bonds is 10. The molecule has 0 amide bonds. The van der Waals surface area contributed by atoms with Crippen LogP contribution in [0.1, 0.15) is 39.5 Å². The van der Waals surface area contributed by atoms with Crippen LogP contribution in [0.15, 0.2) is 23.4 Å². The van der Waals surface area contributed by atoms with Gasteiger partial charge in [0.15, 0.2) is 0 Å². The Hall–Kier alpha value is -0.290. The van der Waals surface area contributed by atoms with Gasteiger partial charge in [-0.1, -0.05) is 24.9 Å². The number of aliphatic hydroxyl groups is 1. The van der Waals surface area contributed by atoms with Crippen LogP contribution in [0.5, 0.6) is 0 Å². The lowest BCUT2D eigenvalue weighted by Gasteiger charge is -2.28. The molecule has 0 aliphatic rings. The third-order valence-electron chi connectivity index (χ3n) is 3.22. The molecule has 0 saturated carbocycles. The minimum absolute atomic E-state index is 0.140. The fraction of sp³-hybridized carbons (Fsp3) is 0.667. The molecule has 0 radical (unpaired) electrons. The van der Waals surface area contributed by atoms with Gasteiger partial charge < -0.3 is 10.4 Å². The van der Waals surface area contributed by atoms with Crippen LogP contribution >= 0.6 is 23.4 Å². The van der Waals surface area contributed by atoms with Crippen molar-refractivity contribution >= 4 is 23.4 Å². The summed E-state index contributed by atoms with van der Waals surface area (Å²) < 4.78 is 0. The Balaban J connectivity index is 2.18. The summed E-state index contributed by atoms with van der Waals surface area (Å²) in [5.41, 5.74) is -0.140. The van der Waals surface area contributed by atoms with Gasteiger partial charge in [-0.3, -0.25) is 0 Å². The molecule has 0 fully saturated rings. The summed E-state index contributed by atoms with van der Waals surface area (Å²) in [6, 6.07) is 3.82. The maximum Gasteiger partial charge on any atom is 0.0960 e. The molecule has 1 atom stereocenters. The van der Waals surface area contributed by atoms with Crippen molar-refractivity contribution in [2.75, 3.05) is 18.9 Å². The first-order valence-electron chi connectivity index (χ1n) is 7.20. The van der Waals surface area contributed by atoms with Crippen molar-refractivity contribution in [3.63, 3.8) is 0 Å². The van der Waals surface area contributed by atoms with Crippen LogP contribution in [-0.4, -0.2) is 34.5 Å². The van der Waals surface area contributed by atoms with Crippen LogP contribution in [0.4, 0.5) is 0 Å². The normalized spacial score (nSPS) is 14.2. The smallest absolute Gasteiger partial charge is 0.0960 e. The summed E-state index contributed by atoms with van der Waals surface area (Å²) in [6.07, 6.45) is 6.00. The molecule has 3 nitrogen and oxygen atoms in total. The van der Waals surface area contributed by atoms with E-state index in [1.165, 1.54) is 0 Å². The number of nitrogens with one attached hydrogen (secondary N) is 1. The number of pyridine rings is 1. The molecule has 0 saturated heterocycles. The van der Waals surface area contributed by atoms with E-state index < -0.39 is 0 Å². The molecule has 0 aromatic carbocycles. The number of unbranched alkanes of at least 4 members (excludes halogenated alkanes) is 1. The number of aliphatic hydroxyl groups excluding tert-OH is 1. The third kappa shape index (κ3) is 6.93. The van der Waals surface area contributed by atoms with Crippen LogP contribution < -0.4 is 5.32 Å². The second-order valence-electron chi connectivity index (χ2n) is 5.27. The molecular weight excluding hydrogens is 292 g/mol. The summed E-state index contributed by atoms with van der Waals surface area (Å²) in [5, 5.41) is 14.6. The van der Waals surface area contributed by atoms with E-state index in [9.17, 15) is 5.11 Å². The second-order valence-corrected chi connectivity index (χ2v) is 6.82. The number of aromatic nitrogens is 1. The van der Waals surface area contributed by atoms with Crippen molar-refractivity contribution in [2.24, 2.45) is 0 Å².